The molecule has 128 valence electrons. The Balaban J connectivity index is 2.20. The van der Waals surface area contributed by atoms with E-state index < -0.39 is 0 Å². The van der Waals surface area contributed by atoms with Gasteiger partial charge < -0.3 is 9.88 Å². The van der Waals surface area contributed by atoms with E-state index in [1.165, 1.54) is 6.07 Å². The van der Waals surface area contributed by atoms with Crippen molar-refractivity contribution >= 4 is 5.91 Å². The van der Waals surface area contributed by atoms with Crippen molar-refractivity contribution < 1.29 is 9.18 Å². The van der Waals surface area contributed by atoms with Crippen molar-refractivity contribution in [3.05, 3.63) is 77.7 Å². The molecular formula is C21H21FN2O. The highest BCUT2D eigenvalue weighted by Gasteiger charge is 2.20. The number of rotatable bonds is 5. The molecule has 3 aromatic rings. The maximum Gasteiger partial charge on any atom is 0.253 e. The van der Waals surface area contributed by atoms with Crippen molar-refractivity contribution in [3.8, 4) is 16.9 Å². The van der Waals surface area contributed by atoms with Gasteiger partial charge in [-0.15, -0.1) is 0 Å². The topological polar surface area (TPSA) is 34.0 Å². The van der Waals surface area contributed by atoms with Crippen LogP contribution in [0.15, 0.2) is 60.7 Å². The zero-order chi connectivity index (χ0) is 17.8. The third-order valence-corrected chi connectivity index (χ3v) is 4.19. The smallest absolute Gasteiger partial charge is 0.253 e. The first kappa shape index (κ1) is 17.0. The zero-order valence-corrected chi connectivity index (χ0v) is 14.4. The number of carbonyl (C=O) groups is 1. The summed E-state index contributed by atoms with van der Waals surface area (Å²) in [7, 11) is 0. The molecule has 0 aliphatic rings. The van der Waals surface area contributed by atoms with Crippen molar-refractivity contribution in [2.24, 2.45) is 0 Å². The number of nitrogens with one attached hydrogen (secondary N) is 1. The summed E-state index contributed by atoms with van der Waals surface area (Å²) < 4.78 is 16.3. The van der Waals surface area contributed by atoms with Crippen LogP contribution < -0.4 is 5.32 Å². The number of aromatic nitrogens is 1. The maximum atomic E-state index is 14.4. The zero-order valence-electron chi connectivity index (χ0n) is 14.4. The van der Waals surface area contributed by atoms with Crippen LogP contribution >= 0.6 is 0 Å². The van der Waals surface area contributed by atoms with E-state index in [9.17, 15) is 9.18 Å². The van der Waals surface area contributed by atoms with Gasteiger partial charge in [-0.05, 0) is 37.1 Å². The lowest BCUT2D eigenvalue weighted by Crippen LogP contribution is -2.24. The van der Waals surface area contributed by atoms with Crippen LogP contribution in [-0.4, -0.2) is 17.0 Å². The minimum Gasteiger partial charge on any atom is -0.352 e. The Bertz CT molecular complexity index is 884. The van der Waals surface area contributed by atoms with Crippen LogP contribution in [0, 0.1) is 12.7 Å². The van der Waals surface area contributed by atoms with Crippen LogP contribution in [0.2, 0.25) is 0 Å². The molecule has 1 heterocycles. The average Bonchev–Trinajstić information content (AvgIpc) is 2.98. The Morgan fingerprint density at radius 2 is 1.76 bits per heavy atom. The Labute approximate surface area is 147 Å². The number of para-hydroxylation sites is 1. The van der Waals surface area contributed by atoms with Gasteiger partial charge in [0.05, 0.1) is 16.9 Å². The highest BCUT2D eigenvalue weighted by Crippen LogP contribution is 2.30. The summed E-state index contributed by atoms with van der Waals surface area (Å²) in [6, 6.07) is 18.2. The summed E-state index contributed by atoms with van der Waals surface area (Å²) in [5.41, 5.74) is 3.45. The molecule has 0 unspecified atom stereocenters. The van der Waals surface area contributed by atoms with Gasteiger partial charge in [-0.3, -0.25) is 4.79 Å². The van der Waals surface area contributed by atoms with Crippen LogP contribution in [0.3, 0.4) is 0 Å². The first-order valence-corrected chi connectivity index (χ1v) is 8.44. The highest BCUT2D eigenvalue weighted by atomic mass is 19.1. The van der Waals surface area contributed by atoms with Gasteiger partial charge in [0.15, 0.2) is 0 Å². The largest absolute Gasteiger partial charge is 0.352 e. The van der Waals surface area contributed by atoms with E-state index in [2.05, 4.69) is 5.32 Å². The lowest BCUT2D eigenvalue weighted by Gasteiger charge is -2.13. The van der Waals surface area contributed by atoms with E-state index in [4.69, 9.17) is 0 Å². The van der Waals surface area contributed by atoms with Crippen LogP contribution in [-0.2, 0) is 0 Å². The highest BCUT2D eigenvalue weighted by molar-refractivity contribution is 5.97. The number of amides is 1. The van der Waals surface area contributed by atoms with Gasteiger partial charge in [0.25, 0.3) is 5.91 Å². The van der Waals surface area contributed by atoms with Gasteiger partial charge in [0.2, 0.25) is 0 Å². The normalized spacial score (nSPS) is 10.7. The maximum absolute atomic E-state index is 14.4. The Morgan fingerprint density at radius 1 is 1.08 bits per heavy atom. The van der Waals surface area contributed by atoms with Gasteiger partial charge >= 0.3 is 0 Å². The summed E-state index contributed by atoms with van der Waals surface area (Å²) >= 11 is 0. The molecule has 0 radical (unpaired) electrons. The van der Waals surface area contributed by atoms with E-state index in [0.29, 0.717) is 17.8 Å². The molecule has 0 bridgehead atoms. The average molecular weight is 336 g/mol. The Kier molecular flexibility index (Phi) is 4.98. The summed E-state index contributed by atoms with van der Waals surface area (Å²) in [6.07, 6.45) is 0.865. The SMILES string of the molecule is CCCNC(=O)c1cc(-c2ccccc2)n(-c2ccccc2F)c1C. The van der Waals surface area contributed by atoms with E-state index in [1.54, 1.807) is 18.2 Å². The van der Waals surface area contributed by atoms with Gasteiger partial charge in [-0.2, -0.15) is 0 Å². The fraction of sp³-hybridized carbons (Fsp3) is 0.190. The third kappa shape index (κ3) is 3.33. The molecule has 0 fully saturated rings. The Hall–Kier alpha value is -2.88. The van der Waals surface area contributed by atoms with Crippen molar-refractivity contribution in [1.29, 1.82) is 0 Å². The number of benzene rings is 2. The third-order valence-electron chi connectivity index (χ3n) is 4.19. The predicted molar refractivity (Wildman–Crippen MR) is 98.5 cm³/mol. The van der Waals surface area contributed by atoms with E-state index >= 15 is 0 Å². The van der Waals surface area contributed by atoms with Crippen molar-refractivity contribution in [1.82, 2.24) is 9.88 Å². The van der Waals surface area contributed by atoms with Crippen LogP contribution in [0.1, 0.15) is 29.4 Å². The number of hydrogen-bond acceptors (Lipinski definition) is 1. The monoisotopic (exact) mass is 336 g/mol. The first-order chi connectivity index (χ1) is 12.1. The lowest BCUT2D eigenvalue weighted by atomic mass is 10.1. The van der Waals surface area contributed by atoms with Crippen LogP contribution in [0.5, 0.6) is 0 Å². The summed E-state index contributed by atoms with van der Waals surface area (Å²) in [4.78, 5) is 12.5. The van der Waals surface area contributed by atoms with Crippen LogP contribution in [0.25, 0.3) is 16.9 Å². The second-order valence-corrected chi connectivity index (χ2v) is 5.94. The molecule has 3 nitrogen and oxygen atoms in total. The summed E-state index contributed by atoms with van der Waals surface area (Å²) in [5, 5.41) is 2.90. The van der Waals surface area contributed by atoms with Gasteiger partial charge in [0, 0.05) is 12.2 Å². The van der Waals surface area contributed by atoms with Crippen molar-refractivity contribution in [2.45, 2.75) is 20.3 Å². The number of carbonyl (C=O) groups excluding carboxylic acids is 1. The minimum atomic E-state index is -0.320. The van der Waals surface area contributed by atoms with Crippen LogP contribution in [0.4, 0.5) is 4.39 Å². The molecule has 0 saturated heterocycles. The Morgan fingerprint density at radius 3 is 2.44 bits per heavy atom. The molecule has 0 saturated carbocycles. The first-order valence-electron chi connectivity index (χ1n) is 8.44. The molecule has 1 amide bonds. The number of hydrogen-bond donors (Lipinski definition) is 1. The number of nitrogens with zero attached hydrogens (tertiary/aromatic N) is 1. The van der Waals surface area contributed by atoms with Gasteiger partial charge in [0.1, 0.15) is 5.82 Å². The fourth-order valence-electron chi connectivity index (χ4n) is 2.94. The molecular weight excluding hydrogens is 315 g/mol. The van der Waals surface area contributed by atoms with Gasteiger partial charge in [-0.25, -0.2) is 4.39 Å². The molecule has 1 N–H and O–H groups in total. The van der Waals surface area contributed by atoms with Crippen molar-refractivity contribution in [3.63, 3.8) is 0 Å². The minimum absolute atomic E-state index is 0.133. The quantitative estimate of drug-likeness (QED) is 0.718. The molecule has 4 heteroatoms. The molecule has 0 aliphatic carbocycles. The number of halogens is 1. The molecule has 25 heavy (non-hydrogen) atoms. The molecule has 3 rings (SSSR count). The molecule has 0 aliphatic heterocycles. The fourth-order valence-corrected chi connectivity index (χ4v) is 2.94. The second kappa shape index (κ2) is 7.34. The van der Waals surface area contributed by atoms with E-state index in [0.717, 1.165) is 23.4 Å². The van der Waals surface area contributed by atoms with Gasteiger partial charge in [-0.1, -0.05) is 49.4 Å². The van der Waals surface area contributed by atoms with Crippen molar-refractivity contribution in [2.75, 3.05) is 6.54 Å². The molecule has 2 aromatic carbocycles. The van der Waals surface area contributed by atoms with E-state index in [-0.39, 0.29) is 11.7 Å². The predicted octanol–water partition coefficient (Wildman–Crippen LogP) is 4.73. The van der Waals surface area contributed by atoms with E-state index in [1.807, 2.05) is 54.8 Å². The summed E-state index contributed by atoms with van der Waals surface area (Å²) in [5.74, 6) is -0.453. The second-order valence-electron chi connectivity index (χ2n) is 5.94. The molecule has 0 spiro atoms. The standard InChI is InChI=1S/C21H21FN2O/c1-3-13-23-21(25)17-14-20(16-9-5-4-6-10-16)24(15(17)2)19-12-8-7-11-18(19)22/h4-12,14H,3,13H2,1-2H3,(H,23,25). The lowest BCUT2D eigenvalue weighted by molar-refractivity contribution is 0.0953. The summed E-state index contributed by atoms with van der Waals surface area (Å²) in [6.45, 7) is 4.47. The molecule has 1 aromatic heterocycles. The molecule has 0 atom stereocenters.